The van der Waals surface area contributed by atoms with E-state index in [-0.39, 0.29) is 0 Å². The van der Waals surface area contributed by atoms with Crippen molar-refractivity contribution >= 4 is 11.9 Å². The lowest BCUT2D eigenvalue weighted by atomic mass is 10.1. The first-order valence-corrected chi connectivity index (χ1v) is 7.13. The summed E-state index contributed by atoms with van der Waals surface area (Å²) in [4.78, 5) is 23.5. The summed E-state index contributed by atoms with van der Waals surface area (Å²) in [5.41, 5.74) is 0.758. The molecule has 0 aliphatic carbocycles. The number of ether oxygens (including phenoxy) is 2. The summed E-state index contributed by atoms with van der Waals surface area (Å²) in [6.07, 6.45) is 3.75. The first kappa shape index (κ1) is 16.2. The van der Waals surface area contributed by atoms with Gasteiger partial charge in [0.25, 0.3) is 0 Å². The van der Waals surface area contributed by atoms with Crippen LogP contribution in [0.4, 0.5) is 0 Å². The summed E-state index contributed by atoms with van der Waals surface area (Å²) in [6.45, 7) is 4.81. The zero-order valence-corrected chi connectivity index (χ0v) is 12.2. The summed E-state index contributed by atoms with van der Waals surface area (Å²) in [5.74, 6) is -0.807. The number of hydrogen-bond acceptors (Lipinski definition) is 4. The summed E-state index contributed by atoms with van der Waals surface area (Å²) in [5, 5.41) is 0. The van der Waals surface area contributed by atoms with Gasteiger partial charge in [-0.3, -0.25) is 0 Å². The quantitative estimate of drug-likeness (QED) is 0.538. The number of rotatable bonds is 8. The number of carbonyl (C=O) groups is 2. The van der Waals surface area contributed by atoms with Crippen LogP contribution in [0.15, 0.2) is 24.3 Å². The molecule has 1 aromatic rings. The number of esters is 2. The lowest BCUT2D eigenvalue weighted by Crippen LogP contribution is -2.10. The van der Waals surface area contributed by atoms with E-state index in [1.807, 2.05) is 6.92 Å². The smallest absolute Gasteiger partial charge is 0.338 e. The standard InChI is InChI=1S/C16H22O4/c1-3-5-6-11-20-16(18)14-9-7-8-13(12-14)15(17)19-10-4-2/h7-9,12H,3-6,10-11H2,1-2H3. The second-order valence-electron chi connectivity index (χ2n) is 4.56. The molecule has 0 aliphatic heterocycles. The highest BCUT2D eigenvalue weighted by Gasteiger charge is 2.12. The fourth-order valence-electron chi connectivity index (χ4n) is 1.65. The molecular formula is C16H22O4. The van der Waals surface area contributed by atoms with Crippen LogP contribution < -0.4 is 0 Å². The molecule has 1 rings (SSSR count). The van der Waals surface area contributed by atoms with Crippen molar-refractivity contribution in [3.05, 3.63) is 35.4 Å². The van der Waals surface area contributed by atoms with E-state index in [0.717, 1.165) is 25.7 Å². The molecular weight excluding hydrogens is 256 g/mol. The second kappa shape index (κ2) is 9.13. The minimum atomic E-state index is -0.410. The Morgan fingerprint density at radius 1 is 0.900 bits per heavy atom. The van der Waals surface area contributed by atoms with Crippen LogP contribution in [0.25, 0.3) is 0 Å². The van der Waals surface area contributed by atoms with Gasteiger partial charge in [-0.25, -0.2) is 9.59 Å². The van der Waals surface area contributed by atoms with Crippen molar-refractivity contribution in [1.29, 1.82) is 0 Å². The van der Waals surface area contributed by atoms with E-state index in [2.05, 4.69) is 6.92 Å². The van der Waals surface area contributed by atoms with E-state index in [0.29, 0.717) is 24.3 Å². The van der Waals surface area contributed by atoms with Crippen LogP contribution >= 0.6 is 0 Å². The molecule has 0 aliphatic rings. The lowest BCUT2D eigenvalue weighted by molar-refractivity contribution is 0.0498. The molecule has 0 heterocycles. The monoisotopic (exact) mass is 278 g/mol. The van der Waals surface area contributed by atoms with Crippen molar-refractivity contribution in [2.24, 2.45) is 0 Å². The SMILES string of the molecule is CCCCCOC(=O)c1cccc(C(=O)OCCC)c1. The zero-order valence-electron chi connectivity index (χ0n) is 12.2. The average molecular weight is 278 g/mol. The zero-order chi connectivity index (χ0) is 14.8. The first-order chi connectivity index (χ1) is 9.69. The first-order valence-electron chi connectivity index (χ1n) is 7.13. The molecule has 0 fully saturated rings. The summed E-state index contributed by atoms with van der Waals surface area (Å²) < 4.78 is 10.2. The van der Waals surface area contributed by atoms with Gasteiger partial charge in [0.1, 0.15) is 0 Å². The average Bonchev–Trinajstić information content (AvgIpc) is 2.49. The molecule has 0 saturated heterocycles. The van der Waals surface area contributed by atoms with Gasteiger partial charge in [-0.1, -0.05) is 32.8 Å². The van der Waals surface area contributed by atoms with E-state index in [1.54, 1.807) is 18.2 Å². The Balaban J connectivity index is 2.58. The van der Waals surface area contributed by atoms with Crippen LogP contribution in [0.3, 0.4) is 0 Å². The Morgan fingerprint density at radius 3 is 2.05 bits per heavy atom. The maximum atomic E-state index is 11.8. The topological polar surface area (TPSA) is 52.6 Å². The van der Waals surface area contributed by atoms with Crippen molar-refractivity contribution < 1.29 is 19.1 Å². The van der Waals surface area contributed by atoms with Crippen molar-refractivity contribution in [3.8, 4) is 0 Å². The third-order valence-corrected chi connectivity index (χ3v) is 2.75. The normalized spacial score (nSPS) is 10.1. The molecule has 20 heavy (non-hydrogen) atoms. The van der Waals surface area contributed by atoms with Crippen LogP contribution in [-0.4, -0.2) is 25.2 Å². The van der Waals surface area contributed by atoms with Gasteiger partial charge in [-0.15, -0.1) is 0 Å². The molecule has 0 saturated carbocycles. The van der Waals surface area contributed by atoms with E-state index >= 15 is 0 Å². The highest BCUT2D eigenvalue weighted by atomic mass is 16.5. The molecule has 0 radical (unpaired) electrons. The Bertz CT molecular complexity index is 440. The Labute approximate surface area is 120 Å². The van der Waals surface area contributed by atoms with Gasteiger partial charge in [0.05, 0.1) is 24.3 Å². The molecule has 0 atom stereocenters. The van der Waals surface area contributed by atoms with Crippen molar-refractivity contribution in [1.82, 2.24) is 0 Å². The minimum absolute atomic E-state index is 0.376. The third kappa shape index (κ3) is 5.43. The molecule has 0 unspecified atom stereocenters. The highest BCUT2D eigenvalue weighted by Crippen LogP contribution is 2.09. The molecule has 0 bridgehead atoms. The van der Waals surface area contributed by atoms with Crippen molar-refractivity contribution in [2.45, 2.75) is 39.5 Å². The van der Waals surface area contributed by atoms with Gasteiger partial charge in [-0.2, -0.15) is 0 Å². The Hall–Kier alpha value is -1.84. The van der Waals surface area contributed by atoms with Crippen LogP contribution in [0.5, 0.6) is 0 Å². The van der Waals surface area contributed by atoms with Gasteiger partial charge in [0, 0.05) is 0 Å². The van der Waals surface area contributed by atoms with E-state index < -0.39 is 11.9 Å². The fraction of sp³-hybridized carbons (Fsp3) is 0.500. The molecule has 1 aromatic carbocycles. The van der Waals surface area contributed by atoms with Crippen LogP contribution in [0, 0.1) is 0 Å². The van der Waals surface area contributed by atoms with E-state index in [9.17, 15) is 9.59 Å². The highest BCUT2D eigenvalue weighted by molar-refractivity contribution is 5.95. The maximum absolute atomic E-state index is 11.8. The molecule has 110 valence electrons. The minimum Gasteiger partial charge on any atom is -0.462 e. The van der Waals surface area contributed by atoms with Crippen LogP contribution in [0.2, 0.25) is 0 Å². The fourth-order valence-corrected chi connectivity index (χ4v) is 1.65. The predicted molar refractivity (Wildman–Crippen MR) is 76.8 cm³/mol. The predicted octanol–water partition coefficient (Wildman–Crippen LogP) is 3.60. The van der Waals surface area contributed by atoms with Crippen LogP contribution in [0.1, 0.15) is 60.2 Å². The van der Waals surface area contributed by atoms with Gasteiger partial charge in [-0.05, 0) is 31.0 Å². The number of hydrogen-bond donors (Lipinski definition) is 0. The van der Waals surface area contributed by atoms with Gasteiger partial charge in [0.2, 0.25) is 0 Å². The summed E-state index contributed by atoms with van der Waals surface area (Å²) in [7, 11) is 0. The second-order valence-corrected chi connectivity index (χ2v) is 4.56. The molecule has 0 spiro atoms. The molecule has 4 heteroatoms. The van der Waals surface area contributed by atoms with Gasteiger partial charge < -0.3 is 9.47 Å². The number of benzene rings is 1. The summed E-state index contributed by atoms with van der Waals surface area (Å²) in [6, 6.07) is 6.44. The van der Waals surface area contributed by atoms with Crippen molar-refractivity contribution in [3.63, 3.8) is 0 Å². The number of carbonyl (C=O) groups excluding carboxylic acids is 2. The molecule has 0 N–H and O–H groups in total. The largest absolute Gasteiger partial charge is 0.462 e. The lowest BCUT2D eigenvalue weighted by Gasteiger charge is -2.06. The number of unbranched alkanes of at least 4 members (excludes halogenated alkanes) is 2. The van der Waals surface area contributed by atoms with E-state index in [1.165, 1.54) is 6.07 Å². The van der Waals surface area contributed by atoms with E-state index in [4.69, 9.17) is 9.47 Å². The van der Waals surface area contributed by atoms with Gasteiger partial charge in [0.15, 0.2) is 0 Å². The molecule has 0 amide bonds. The molecule has 4 nitrogen and oxygen atoms in total. The molecule has 0 aromatic heterocycles. The van der Waals surface area contributed by atoms with Crippen LogP contribution in [-0.2, 0) is 9.47 Å². The third-order valence-electron chi connectivity index (χ3n) is 2.75. The Morgan fingerprint density at radius 2 is 1.50 bits per heavy atom. The Kier molecular flexibility index (Phi) is 7.40. The van der Waals surface area contributed by atoms with Crippen molar-refractivity contribution in [2.75, 3.05) is 13.2 Å². The summed E-state index contributed by atoms with van der Waals surface area (Å²) >= 11 is 0. The maximum Gasteiger partial charge on any atom is 0.338 e. The van der Waals surface area contributed by atoms with Gasteiger partial charge >= 0.3 is 11.9 Å².